The predicted molar refractivity (Wildman–Crippen MR) is 76.3 cm³/mol. The van der Waals surface area contributed by atoms with Crippen molar-refractivity contribution in [3.8, 4) is 0 Å². The first-order chi connectivity index (χ1) is 9.02. The van der Waals surface area contributed by atoms with E-state index >= 15 is 0 Å². The van der Waals surface area contributed by atoms with Gasteiger partial charge in [-0.15, -0.1) is 0 Å². The van der Waals surface area contributed by atoms with Crippen molar-refractivity contribution >= 4 is 17.9 Å². The van der Waals surface area contributed by atoms with Crippen LogP contribution >= 0.6 is 0 Å². The molecular formula is C15H20N2O2. The first-order valence-corrected chi connectivity index (χ1v) is 6.37. The summed E-state index contributed by atoms with van der Waals surface area (Å²) < 4.78 is 0. The molecule has 0 aromatic heterocycles. The van der Waals surface area contributed by atoms with Gasteiger partial charge >= 0.3 is 0 Å². The second-order valence-electron chi connectivity index (χ2n) is 4.41. The smallest absolute Gasteiger partial charge is 0.267 e. The number of carbonyl (C=O) groups excluding carboxylic acids is 2. The van der Waals surface area contributed by atoms with E-state index < -0.39 is 0 Å². The summed E-state index contributed by atoms with van der Waals surface area (Å²) in [6.07, 6.45) is 2.52. The fraction of sp³-hybridized carbons (Fsp3) is 0.333. The third-order valence-electron chi connectivity index (χ3n) is 2.48. The van der Waals surface area contributed by atoms with Crippen molar-refractivity contribution in [2.24, 2.45) is 0 Å². The van der Waals surface area contributed by atoms with Gasteiger partial charge in [0.05, 0.1) is 0 Å². The zero-order chi connectivity index (χ0) is 14.3. The van der Waals surface area contributed by atoms with Crippen molar-refractivity contribution in [3.63, 3.8) is 0 Å². The van der Waals surface area contributed by atoms with Gasteiger partial charge < -0.3 is 10.6 Å². The summed E-state index contributed by atoms with van der Waals surface area (Å²) in [4.78, 5) is 23.1. The summed E-state index contributed by atoms with van der Waals surface area (Å²) in [6.45, 7) is 5.94. The molecule has 0 aliphatic carbocycles. The van der Waals surface area contributed by atoms with Gasteiger partial charge in [0.1, 0.15) is 5.70 Å². The summed E-state index contributed by atoms with van der Waals surface area (Å²) >= 11 is 0. The van der Waals surface area contributed by atoms with Gasteiger partial charge in [-0.3, -0.25) is 9.59 Å². The molecule has 0 spiro atoms. The fourth-order valence-electron chi connectivity index (χ4n) is 1.51. The standard InChI is InChI=1S/C15H20N2O2/c1-4-9-16-15(19)14(17-12(3)18)10-13-7-5-11(2)6-8-13/h5-8,10H,4,9H2,1-3H3,(H,16,19)(H,17,18)/b14-10-. The Hall–Kier alpha value is -2.10. The zero-order valence-electron chi connectivity index (χ0n) is 11.6. The number of benzene rings is 1. The van der Waals surface area contributed by atoms with E-state index in [1.54, 1.807) is 6.08 Å². The number of hydrogen-bond donors (Lipinski definition) is 2. The van der Waals surface area contributed by atoms with E-state index in [9.17, 15) is 9.59 Å². The van der Waals surface area contributed by atoms with Gasteiger partial charge in [0, 0.05) is 13.5 Å². The number of carbonyl (C=O) groups is 2. The molecule has 0 aliphatic heterocycles. The third-order valence-corrected chi connectivity index (χ3v) is 2.48. The maximum absolute atomic E-state index is 11.9. The number of nitrogens with one attached hydrogen (secondary N) is 2. The van der Waals surface area contributed by atoms with Crippen molar-refractivity contribution < 1.29 is 9.59 Å². The molecular weight excluding hydrogens is 240 g/mol. The molecule has 0 fully saturated rings. The Morgan fingerprint density at radius 3 is 2.37 bits per heavy atom. The first kappa shape index (κ1) is 15.0. The highest BCUT2D eigenvalue weighted by molar-refractivity contribution is 6.00. The van der Waals surface area contributed by atoms with Crippen LogP contribution < -0.4 is 10.6 Å². The summed E-state index contributed by atoms with van der Waals surface area (Å²) in [5, 5.41) is 5.31. The van der Waals surface area contributed by atoms with E-state index in [1.165, 1.54) is 6.92 Å². The third kappa shape index (κ3) is 5.38. The van der Waals surface area contributed by atoms with Gasteiger partial charge in [-0.25, -0.2) is 0 Å². The maximum Gasteiger partial charge on any atom is 0.267 e. The van der Waals surface area contributed by atoms with Gasteiger partial charge in [-0.1, -0.05) is 36.8 Å². The molecule has 2 amide bonds. The van der Waals surface area contributed by atoms with Gasteiger partial charge in [0.2, 0.25) is 5.91 Å². The van der Waals surface area contributed by atoms with Gasteiger partial charge in [0.25, 0.3) is 5.91 Å². The molecule has 1 rings (SSSR count). The van der Waals surface area contributed by atoms with Crippen LogP contribution in [-0.4, -0.2) is 18.4 Å². The lowest BCUT2D eigenvalue weighted by Gasteiger charge is -2.09. The molecule has 0 bridgehead atoms. The van der Waals surface area contributed by atoms with Crippen LogP contribution in [0, 0.1) is 6.92 Å². The van der Waals surface area contributed by atoms with Crippen LogP contribution in [0.3, 0.4) is 0 Å². The summed E-state index contributed by atoms with van der Waals surface area (Å²) in [7, 11) is 0. The average Bonchev–Trinajstić information content (AvgIpc) is 2.37. The molecule has 0 saturated carbocycles. The van der Waals surface area contributed by atoms with Crippen LogP contribution in [0.4, 0.5) is 0 Å². The van der Waals surface area contributed by atoms with Gasteiger partial charge in [-0.2, -0.15) is 0 Å². The second kappa shape index (κ2) is 7.36. The van der Waals surface area contributed by atoms with Crippen molar-refractivity contribution in [3.05, 3.63) is 41.1 Å². The van der Waals surface area contributed by atoms with E-state index in [1.807, 2.05) is 38.1 Å². The molecule has 0 unspecified atom stereocenters. The largest absolute Gasteiger partial charge is 0.351 e. The van der Waals surface area contributed by atoms with Gasteiger partial charge in [0.15, 0.2) is 0 Å². The number of hydrogen-bond acceptors (Lipinski definition) is 2. The lowest BCUT2D eigenvalue weighted by molar-refractivity contribution is -0.122. The lowest BCUT2D eigenvalue weighted by atomic mass is 10.1. The molecule has 0 saturated heterocycles. The fourth-order valence-corrected chi connectivity index (χ4v) is 1.51. The minimum Gasteiger partial charge on any atom is -0.351 e. The van der Waals surface area contributed by atoms with Gasteiger partial charge in [-0.05, 0) is 25.0 Å². The van der Waals surface area contributed by atoms with Crippen molar-refractivity contribution in [2.45, 2.75) is 27.2 Å². The average molecular weight is 260 g/mol. The molecule has 1 aromatic rings. The van der Waals surface area contributed by atoms with Crippen LogP contribution in [0.25, 0.3) is 6.08 Å². The second-order valence-corrected chi connectivity index (χ2v) is 4.41. The maximum atomic E-state index is 11.9. The molecule has 4 nitrogen and oxygen atoms in total. The van der Waals surface area contributed by atoms with Crippen molar-refractivity contribution in [2.75, 3.05) is 6.54 Å². The minimum absolute atomic E-state index is 0.259. The Bertz CT molecular complexity index is 475. The summed E-state index contributed by atoms with van der Waals surface area (Å²) in [5.41, 5.74) is 2.29. The Labute approximate surface area is 113 Å². The molecule has 1 aromatic carbocycles. The Kier molecular flexibility index (Phi) is 5.79. The number of amides is 2. The molecule has 4 heteroatoms. The van der Waals surface area contributed by atoms with E-state index in [0.717, 1.165) is 17.5 Å². The summed E-state index contributed by atoms with van der Waals surface area (Å²) in [6, 6.07) is 7.73. The van der Waals surface area contributed by atoms with Crippen LogP contribution in [-0.2, 0) is 9.59 Å². The molecule has 0 radical (unpaired) electrons. The molecule has 0 aliphatic rings. The monoisotopic (exact) mass is 260 g/mol. The zero-order valence-corrected chi connectivity index (χ0v) is 11.6. The van der Waals surface area contributed by atoms with E-state index in [0.29, 0.717) is 6.54 Å². The lowest BCUT2D eigenvalue weighted by Crippen LogP contribution is -2.34. The number of aryl methyl sites for hydroxylation is 1. The molecule has 102 valence electrons. The van der Waals surface area contributed by atoms with Crippen molar-refractivity contribution in [1.82, 2.24) is 10.6 Å². The minimum atomic E-state index is -0.266. The normalized spacial score (nSPS) is 11.0. The molecule has 19 heavy (non-hydrogen) atoms. The predicted octanol–water partition coefficient (Wildman–Crippen LogP) is 2.00. The van der Waals surface area contributed by atoms with E-state index in [2.05, 4.69) is 10.6 Å². The van der Waals surface area contributed by atoms with Crippen LogP contribution in [0.5, 0.6) is 0 Å². The Morgan fingerprint density at radius 1 is 1.21 bits per heavy atom. The van der Waals surface area contributed by atoms with Crippen LogP contribution in [0.15, 0.2) is 30.0 Å². The van der Waals surface area contributed by atoms with Crippen molar-refractivity contribution in [1.29, 1.82) is 0 Å². The topological polar surface area (TPSA) is 58.2 Å². The number of rotatable bonds is 5. The quantitative estimate of drug-likeness (QED) is 0.795. The first-order valence-electron chi connectivity index (χ1n) is 6.37. The molecule has 0 heterocycles. The highest BCUT2D eigenvalue weighted by Gasteiger charge is 2.10. The molecule has 0 atom stereocenters. The van der Waals surface area contributed by atoms with Crippen LogP contribution in [0.2, 0.25) is 0 Å². The van der Waals surface area contributed by atoms with Crippen LogP contribution in [0.1, 0.15) is 31.4 Å². The SMILES string of the molecule is CCCNC(=O)/C(=C/c1ccc(C)cc1)NC(C)=O. The van der Waals surface area contributed by atoms with E-state index in [4.69, 9.17) is 0 Å². The summed E-state index contributed by atoms with van der Waals surface area (Å²) in [5.74, 6) is -0.525. The Balaban J connectivity index is 2.91. The molecule has 2 N–H and O–H groups in total. The highest BCUT2D eigenvalue weighted by atomic mass is 16.2. The highest BCUT2D eigenvalue weighted by Crippen LogP contribution is 2.07. The van der Waals surface area contributed by atoms with E-state index in [-0.39, 0.29) is 17.5 Å². The Morgan fingerprint density at radius 2 is 1.84 bits per heavy atom.